The number of fused-ring (bicyclic) bond motifs is 3. The van der Waals surface area contributed by atoms with E-state index in [0.717, 1.165) is 33.8 Å². The van der Waals surface area contributed by atoms with Gasteiger partial charge in [-0.3, -0.25) is 4.79 Å². The summed E-state index contributed by atoms with van der Waals surface area (Å²) >= 11 is 1.59. The van der Waals surface area contributed by atoms with Crippen molar-refractivity contribution in [2.24, 2.45) is 0 Å². The number of carbonyl (C=O) groups is 1. The van der Waals surface area contributed by atoms with Gasteiger partial charge in [0, 0.05) is 28.0 Å². The van der Waals surface area contributed by atoms with Crippen LogP contribution in [0.5, 0.6) is 5.75 Å². The first-order valence-corrected chi connectivity index (χ1v) is 12.0. The van der Waals surface area contributed by atoms with Gasteiger partial charge in [0.1, 0.15) is 5.75 Å². The molecule has 4 nitrogen and oxygen atoms in total. The topological polar surface area (TPSA) is 45.3 Å². The van der Waals surface area contributed by atoms with E-state index in [0.29, 0.717) is 18.9 Å². The smallest absolute Gasteiger partial charge is 0.233 e. The summed E-state index contributed by atoms with van der Waals surface area (Å²) in [6, 6.07) is 26.5. The van der Waals surface area contributed by atoms with Crippen molar-refractivity contribution in [2.45, 2.75) is 24.3 Å². The van der Waals surface area contributed by atoms with Crippen molar-refractivity contribution in [1.29, 1.82) is 0 Å². The van der Waals surface area contributed by atoms with E-state index in [1.54, 1.807) is 11.8 Å². The lowest BCUT2D eigenvalue weighted by Gasteiger charge is -2.36. The van der Waals surface area contributed by atoms with Gasteiger partial charge in [0.2, 0.25) is 5.91 Å². The van der Waals surface area contributed by atoms with E-state index in [1.807, 2.05) is 54.3 Å². The number of nitrogens with one attached hydrogen (secondary N) is 1. The van der Waals surface area contributed by atoms with Crippen molar-refractivity contribution in [2.75, 3.05) is 18.9 Å². The summed E-state index contributed by atoms with van der Waals surface area (Å²) < 4.78 is 5.77. The largest absolute Gasteiger partial charge is 0.494 e. The predicted octanol–water partition coefficient (Wildman–Crippen LogP) is 5.83. The number of rotatable bonds is 6. The second-order valence-electron chi connectivity index (χ2n) is 7.91. The van der Waals surface area contributed by atoms with Crippen molar-refractivity contribution in [3.8, 4) is 5.75 Å². The Labute approximate surface area is 192 Å². The zero-order chi connectivity index (χ0) is 21.9. The summed E-state index contributed by atoms with van der Waals surface area (Å²) in [4.78, 5) is 20.2. The molecule has 0 fully saturated rings. The van der Waals surface area contributed by atoms with Gasteiger partial charge in [-0.1, -0.05) is 48.5 Å². The summed E-state index contributed by atoms with van der Waals surface area (Å²) in [5.74, 6) is 1.40. The molecule has 0 bridgehead atoms. The summed E-state index contributed by atoms with van der Waals surface area (Å²) in [5, 5.41) is 1.25. The van der Waals surface area contributed by atoms with E-state index in [1.165, 1.54) is 10.9 Å². The molecule has 4 aromatic rings. The number of nitrogens with zero attached hydrogens (tertiary/aromatic N) is 1. The summed E-state index contributed by atoms with van der Waals surface area (Å²) in [7, 11) is 0. The van der Waals surface area contributed by atoms with E-state index in [4.69, 9.17) is 4.74 Å². The Morgan fingerprint density at radius 1 is 1.06 bits per heavy atom. The highest BCUT2D eigenvalue weighted by molar-refractivity contribution is 8.00. The van der Waals surface area contributed by atoms with Crippen LogP contribution in [0.1, 0.15) is 29.8 Å². The Hall–Kier alpha value is -3.18. The number of thioether (sulfide) groups is 1. The Kier molecular flexibility index (Phi) is 5.91. The van der Waals surface area contributed by atoms with Crippen LogP contribution in [0.3, 0.4) is 0 Å². The number of H-pyrrole nitrogens is 1. The first-order chi connectivity index (χ1) is 15.7. The molecule has 1 aliphatic rings. The third-order valence-electron chi connectivity index (χ3n) is 5.95. The van der Waals surface area contributed by atoms with Crippen LogP contribution in [0.25, 0.3) is 10.9 Å². The van der Waals surface area contributed by atoms with Crippen LogP contribution in [-0.4, -0.2) is 34.7 Å². The average molecular weight is 443 g/mol. The van der Waals surface area contributed by atoms with Crippen LogP contribution < -0.4 is 4.74 Å². The van der Waals surface area contributed by atoms with Crippen molar-refractivity contribution in [3.63, 3.8) is 0 Å². The Balaban J connectivity index is 1.52. The number of ether oxygens (including phenoxy) is 1. The molecular formula is C27H26N2O2S. The number of aromatic nitrogens is 1. The molecule has 1 aromatic heterocycles. The monoisotopic (exact) mass is 442 g/mol. The van der Waals surface area contributed by atoms with Gasteiger partial charge in [0.25, 0.3) is 0 Å². The van der Waals surface area contributed by atoms with Gasteiger partial charge in [0.05, 0.1) is 18.4 Å². The summed E-state index contributed by atoms with van der Waals surface area (Å²) in [6.07, 6.45) is 0.850. The highest BCUT2D eigenvalue weighted by atomic mass is 32.2. The third kappa shape index (κ3) is 4.00. The van der Waals surface area contributed by atoms with Crippen LogP contribution in [0.4, 0.5) is 0 Å². The van der Waals surface area contributed by atoms with Gasteiger partial charge in [-0.15, -0.1) is 11.8 Å². The molecule has 0 unspecified atom stereocenters. The first-order valence-electron chi connectivity index (χ1n) is 11.0. The quantitative estimate of drug-likeness (QED) is 0.382. The highest BCUT2D eigenvalue weighted by Gasteiger charge is 2.34. The zero-order valence-electron chi connectivity index (χ0n) is 18.1. The van der Waals surface area contributed by atoms with Crippen molar-refractivity contribution >= 4 is 28.6 Å². The zero-order valence-corrected chi connectivity index (χ0v) is 18.9. The van der Waals surface area contributed by atoms with Crippen LogP contribution in [0.2, 0.25) is 0 Å². The minimum Gasteiger partial charge on any atom is -0.494 e. The molecule has 0 saturated heterocycles. The Morgan fingerprint density at radius 2 is 1.88 bits per heavy atom. The molecule has 32 heavy (non-hydrogen) atoms. The maximum atomic E-state index is 13.5. The van der Waals surface area contributed by atoms with Gasteiger partial charge in [-0.25, -0.2) is 0 Å². The van der Waals surface area contributed by atoms with Crippen molar-refractivity contribution < 1.29 is 9.53 Å². The molecule has 1 aliphatic heterocycles. The Morgan fingerprint density at radius 3 is 2.72 bits per heavy atom. The van der Waals surface area contributed by atoms with E-state index >= 15 is 0 Å². The van der Waals surface area contributed by atoms with Crippen LogP contribution in [0, 0.1) is 0 Å². The number of carbonyl (C=O) groups excluding carboxylic acids is 1. The maximum absolute atomic E-state index is 13.5. The fraction of sp³-hybridized carbons (Fsp3) is 0.222. The molecule has 3 aromatic carbocycles. The average Bonchev–Trinajstić information content (AvgIpc) is 3.22. The predicted molar refractivity (Wildman–Crippen MR) is 130 cm³/mol. The minimum absolute atomic E-state index is 0.148. The number of hydrogen-bond acceptors (Lipinski definition) is 3. The molecule has 2 heterocycles. The lowest BCUT2D eigenvalue weighted by atomic mass is 9.92. The number of amides is 1. The maximum Gasteiger partial charge on any atom is 0.233 e. The molecule has 0 aliphatic carbocycles. The standard InChI is InChI=1S/C27H26N2O2S/c1-2-31-20-10-8-9-19(17-20)27-26-23(22-13-6-7-14-24(22)28-26)15-16-29(27)25(30)18-32-21-11-4-3-5-12-21/h3-14,17,27-28H,2,15-16,18H2,1H3/t27-/m1/s1. The number of hydrogen-bond donors (Lipinski definition) is 1. The van der Waals surface area contributed by atoms with Crippen molar-refractivity contribution in [1.82, 2.24) is 9.88 Å². The lowest BCUT2D eigenvalue weighted by Crippen LogP contribution is -2.41. The van der Waals surface area contributed by atoms with Crippen LogP contribution in [0.15, 0.2) is 83.8 Å². The van der Waals surface area contributed by atoms with E-state index < -0.39 is 0 Å². The number of para-hydroxylation sites is 1. The second-order valence-corrected chi connectivity index (χ2v) is 8.96. The molecule has 5 rings (SSSR count). The van der Waals surface area contributed by atoms with Gasteiger partial charge >= 0.3 is 0 Å². The first kappa shape index (κ1) is 20.7. The highest BCUT2D eigenvalue weighted by Crippen LogP contribution is 2.39. The van der Waals surface area contributed by atoms with Gasteiger partial charge in [-0.2, -0.15) is 0 Å². The molecule has 5 heteroatoms. The molecule has 162 valence electrons. The fourth-order valence-corrected chi connectivity index (χ4v) is 5.35. The molecule has 1 N–H and O–H groups in total. The molecular weight excluding hydrogens is 416 g/mol. The van der Waals surface area contributed by atoms with E-state index in [2.05, 4.69) is 41.4 Å². The molecule has 0 radical (unpaired) electrons. The second kappa shape index (κ2) is 9.13. The van der Waals surface area contributed by atoms with Gasteiger partial charge < -0.3 is 14.6 Å². The Bertz CT molecular complexity index is 1230. The molecule has 1 atom stereocenters. The minimum atomic E-state index is -0.157. The third-order valence-corrected chi connectivity index (χ3v) is 6.94. The summed E-state index contributed by atoms with van der Waals surface area (Å²) in [5.41, 5.74) is 4.62. The van der Waals surface area contributed by atoms with Crippen molar-refractivity contribution in [3.05, 3.63) is 95.7 Å². The number of aromatic amines is 1. The SMILES string of the molecule is CCOc1cccc([C@@H]2c3[nH]c4ccccc4c3CCN2C(=O)CSc2ccccc2)c1. The number of benzene rings is 3. The van der Waals surface area contributed by atoms with Crippen LogP contribution in [-0.2, 0) is 11.2 Å². The van der Waals surface area contributed by atoms with Crippen LogP contribution >= 0.6 is 11.8 Å². The van der Waals surface area contributed by atoms with Gasteiger partial charge in [0.15, 0.2) is 0 Å². The van der Waals surface area contributed by atoms with E-state index in [9.17, 15) is 4.79 Å². The lowest BCUT2D eigenvalue weighted by molar-refractivity contribution is -0.130. The normalized spacial score (nSPS) is 15.5. The fourth-order valence-electron chi connectivity index (χ4n) is 4.54. The summed E-state index contributed by atoms with van der Waals surface area (Å²) in [6.45, 7) is 3.30. The molecule has 1 amide bonds. The van der Waals surface area contributed by atoms with E-state index in [-0.39, 0.29) is 11.9 Å². The molecule has 0 spiro atoms. The molecule has 0 saturated carbocycles. The van der Waals surface area contributed by atoms with Gasteiger partial charge in [-0.05, 0) is 54.8 Å².